The lowest BCUT2D eigenvalue weighted by atomic mass is 9.90. The molecule has 0 saturated carbocycles. The van der Waals surface area contributed by atoms with Crippen LogP contribution in [0.25, 0.3) is 16.8 Å². The Bertz CT molecular complexity index is 1680. The Morgan fingerprint density at radius 1 is 0.925 bits per heavy atom. The van der Waals surface area contributed by atoms with Crippen LogP contribution in [0.15, 0.2) is 97.7 Å². The fourth-order valence-corrected chi connectivity index (χ4v) is 5.06. The van der Waals surface area contributed by atoms with Crippen molar-refractivity contribution >= 4 is 17.4 Å². The molecule has 2 aromatic carbocycles. The molecular weight excluding hydrogens is 496 g/mol. The van der Waals surface area contributed by atoms with Crippen molar-refractivity contribution in [3.05, 3.63) is 120 Å². The van der Waals surface area contributed by atoms with E-state index in [4.69, 9.17) is 0 Å². The van der Waals surface area contributed by atoms with E-state index in [0.29, 0.717) is 18.2 Å². The number of amides is 2. The van der Waals surface area contributed by atoms with Crippen LogP contribution in [-0.4, -0.2) is 33.5 Å². The van der Waals surface area contributed by atoms with Gasteiger partial charge in [-0.2, -0.15) is 0 Å². The van der Waals surface area contributed by atoms with Gasteiger partial charge in [-0.25, -0.2) is 9.78 Å². The number of piperidine rings is 1. The molecule has 3 N–H and O–H groups in total. The van der Waals surface area contributed by atoms with Crippen LogP contribution >= 0.6 is 0 Å². The summed E-state index contributed by atoms with van der Waals surface area (Å²) in [4.78, 5) is 21.2. The van der Waals surface area contributed by atoms with Crippen molar-refractivity contribution in [3.63, 3.8) is 0 Å². The molecule has 1 fully saturated rings. The standard InChI is InChI=1S/C33H30N6O/c40-33(37-23-25-13-19-39-20-18-36-32(39)21-25)38-30-7-8-31(28-11-16-35-17-12-28)29(22-30)6-3-24-1-4-26(5-2-24)27-9-14-34-15-10-27/h1-2,4-5,7-8,11-13,16-22,27,34H,9-10,14-15,23H2,(H2,37,38,40). The lowest BCUT2D eigenvalue weighted by Crippen LogP contribution is -2.28. The third-order valence-electron chi connectivity index (χ3n) is 7.25. The smallest absolute Gasteiger partial charge is 0.319 e. The van der Waals surface area contributed by atoms with E-state index >= 15 is 0 Å². The fourth-order valence-electron chi connectivity index (χ4n) is 5.06. The van der Waals surface area contributed by atoms with E-state index in [1.807, 2.05) is 59.3 Å². The minimum Gasteiger partial charge on any atom is -0.334 e. The zero-order chi connectivity index (χ0) is 27.1. The number of carbonyl (C=O) groups excluding carboxylic acids is 1. The van der Waals surface area contributed by atoms with Crippen LogP contribution in [0, 0.1) is 11.8 Å². The van der Waals surface area contributed by atoms with E-state index in [1.54, 1.807) is 18.6 Å². The number of anilines is 1. The first-order valence-electron chi connectivity index (χ1n) is 13.5. The second-order valence-electron chi connectivity index (χ2n) is 9.93. The van der Waals surface area contributed by atoms with Crippen molar-refractivity contribution in [1.82, 2.24) is 25.0 Å². The number of urea groups is 1. The second kappa shape index (κ2) is 11.9. The summed E-state index contributed by atoms with van der Waals surface area (Å²) in [5, 5.41) is 9.30. The van der Waals surface area contributed by atoms with Gasteiger partial charge in [0.15, 0.2) is 0 Å². The van der Waals surface area contributed by atoms with E-state index < -0.39 is 0 Å². The number of hydrogen-bond donors (Lipinski definition) is 3. The summed E-state index contributed by atoms with van der Waals surface area (Å²) in [7, 11) is 0. The third-order valence-corrected chi connectivity index (χ3v) is 7.25. The molecule has 2 amide bonds. The number of hydrogen-bond acceptors (Lipinski definition) is 4. The normalized spacial score (nSPS) is 13.4. The largest absolute Gasteiger partial charge is 0.334 e. The zero-order valence-electron chi connectivity index (χ0n) is 22.1. The number of nitrogens with zero attached hydrogens (tertiary/aromatic N) is 3. The van der Waals surface area contributed by atoms with E-state index in [0.717, 1.165) is 46.6 Å². The average Bonchev–Trinajstić information content (AvgIpc) is 3.48. The molecule has 1 aliphatic heterocycles. The van der Waals surface area contributed by atoms with Crippen molar-refractivity contribution in [2.45, 2.75) is 25.3 Å². The highest BCUT2D eigenvalue weighted by Gasteiger charge is 2.14. The van der Waals surface area contributed by atoms with E-state index in [9.17, 15) is 4.79 Å². The monoisotopic (exact) mass is 526 g/mol. The summed E-state index contributed by atoms with van der Waals surface area (Å²) < 4.78 is 1.93. The van der Waals surface area contributed by atoms with Crippen LogP contribution < -0.4 is 16.0 Å². The van der Waals surface area contributed by atoms with Gasteiger partial charge in [-0.05, 0) is 103 Å². The summed E-state index contributed by atoms with van der Waals surface area (Å²) in [5.41, 5.74) is 7.66. The number of pyridine rings is 2. The molecule has 0 unspecified atom stereocenters. The maximum atomic E-state index is 12.7. The first-order chi connectivity index (χ1) is 19.7. The lowest BCUT2D eigenvalue weighted by Gasteiger charge is -2.22. The molecule has 0 spiro atoms. The molecule has 6 rings (SSSR count). The fraction of sp³-hybridized carbons (Fsp3) is 0.182. The van der Waals surface area contributed by atoms with Crippen molar-refractivity contribution in [2.75, 3.05) is 18.4 Å². The molecule has 0 bridgehead atoms. The number of imidazole rings is 1. The Hall–Kier alpha value is -4.93. The second-order valence-corrected chi connectivity index (χ2v) is 9.93. The van der Waals surface area contributed by atoms with Gasteiger partial charge in [0.1, 0.15) is 5.65 Å². The highest BCUT2D eigenvalue weighted by atomic mass is 16.2. The highest BCUT2D eigenvalue weighted by Crippen LogP contribution is 2.27. The molecule has 0 radical (unpaired) electrons. The first-order valence-corrected chi connectivity index (χ1v) is 13.5. The van der Waals surface area contributed by atoms with Gasteiger partial charge in [0.05, 0.1) is 0 Å². The molecule has 0 aliphatic carbocycles. The summed E-state index contributed by atoms with van der Waals surface area (Å²) in [5.74, 6) is 7.29. The van der Waals surface area contributed by atoms with Crippen molar-refractivity contribution < 1.29 is 4.79 Å². The Kier molecular flexibility index (Phi) is 7.51. The third kappa shape index (κ3) is 6.04. The van der Waals surface area contributed by atoms with Gasteiger partial charge >= 0.3 is 6.03 Å². The maximum absolute atomic E-state index is 12.7. The van der Waals surface area contributed by atoms with Crippen molar-refractivity contribution in [1.29, 1.82) is 0 Å². The minimum atomic E-state index is -0.285. The maximum Gasteiger partial charge on any atom is 0.319 e. The van der Waals surface area contributed by atoms with E-state index in [2.05, 4.69) is 62.0 Å². The first kappa shape index (κ1) is 25.4. The molecular formula is C33H30N6O. The number of fused-ring (bicyclic) bond motifs is 1. The lowest BCUT2D eigenvalue weighted by molar-refractivity contribution is 0.251. The molecule has 7 nitrogen and oxygen atoms in total. The molecule has 40 heavy (non-hydrogen) atoms. The average molecular weight is 527 g/mol. The van der Waals surface area contributed by atoms with Gasteiger partial charge in [-0.1, -0.05) is 30.0 Å². The van der Waals surface area contributed by atoms with E-state index in [1.165, 1.54) is 18.4 Å². The Labute approximate surface area is 233 Å². The molecule has 3 aromatic heterocycles. The Morgan fingerprint density at radius 3 is 2.58 bits per heavy atom. The van der Waals surface area contributed by atoms with Gasteiger partial charge in [0.2, 0.25) is 0 Å². The van der Waals surface area contributed by atoms with Crippen LogP contribution in [-0.2, 0) is 6.54 Å². The molecule has 5 aromatic rings. The molecule has 198 valence electrons. The summed E-state index contributed by atoms with van der Waals surface area (Å²) in [6.07, 6.45) is 11.5. The van der Waals surface area contributed by atoms with Crippen molar-refractivity contribution in [3.8, 4) is 23.0 Å². The predicted octanol–water partition coefficient (Wildman–Crippen LogP) is 5.58. The summed E-state index contributed by atoms with van der Waals surface area (Å²) >= 11 is 0. The predicted molar refractivity (Wildman–Crippen MR) is 158 cm³/mol. The van der Waals surface area contributed by atoms with Crippen LogP contribution in [0.1, 0.15) is 41.0 Å². The Morgan fingerprint density at radius 2 is 1.75 bits per heavy atom. The summed E-state index contributed by atoms with van der Waals surface area (Å²) in [6.45, 7) is 2.55. The Balaban J connectivity index is 1.19. The van der Waals surface area contributed by atoms with Gasteiger partial charge in [0.25, 0.3) is 0 Å². The van der Waals surface area contributed by atoms with Gasteiger partial charge < -0.3 is 20.4 Å². The molecule has 1 saturated heterocycles. The molecule has 4 heterocycles. The summed E-state index contributed by atoms with van der Waals surface area (Å²) in [6, 6.07) is 22.0. The topological polar surface area (TPSA) is 83.4 Å². The van der Waals surface area contributed by atoms with Gasteiger partial charge in [0, 0.05) is 54.3 Å². The zero-order valence-corrected chi connectivity index (χ0v) is 22.1. The van der Waals surface area contributed by atoms with Crippen LogP contribution in [0.2, 0.25) is 0 Å². The van der Waals surface area contributed by atoms with Crippen LogP contribution in [0.3, 0.4) is 0 Å². The van der Waals surface area contributed by atoms with Gasteiger partial charge in [-0.3, -0.25) is 4.98 Å². The molecule has 0 atom stereocenters. The van der Waals surface area contributed by atoms with Crippen LogP contribution in [0.4, 0.5) is 10.5 Å². The quantitative estimate of drug-likeness (QED) is 0.261. The van der Waals surface area contributed by atoms with Gasteiger partial charge in [-0.15, -0.1) is 0 Å². The number of carbonyl (C=O) groups is 1. The molecule has 7 heteroatoms. The number of aromatic nitrogens is 3. The highest BCUT2D eigenvalue weighted by molar-refractivity contribution is 5.90. The number of benzene rings is 2. The molecule has 1 aliphatic rings. The van der Waals surface area contributed by atoms with Crippen LogP contribution in [0.5, 0.6) is 0 Å². The van der Waals surface area contributed by atoms with Crippen molar-refractivity contribution in [2.24, 2.45) is 0 Å². The van der Waals surface area contributed by atoms with E-state index in [-0.39, 0.29) is 6.03 Å². The minimum absolute atomic E-state index is 0.285. The number of nitrogens with one attached hydrogen (secondary N) is 3. The SMILES string of the molecule is O=C(NCc1ccn2ccnc2c1)Nc1ccc(-c2ccncc2)c(C#Cc2ccc(C3CCNCC3)cc2)c1. The number of rotatable bonds is 5.